The fourth-order valence-electron chi connectivity index (χ4n) is 4.62. The lowest BCUT2D eigenvalue weighted by molar-refractivity contribution is -0.144. The van der Waals surface area contributed by atoms with Crippen LogP contribution in [-0.2, 0) is 14.3 Å². The number of esters is 1. The third kappa shape index (κ3) is 39.5. The largest absolute Gasteiger partial charge is 0.481 e. The molecule has 0 aliphatic heterocycles. The zero-order chi connectivity index (χ0) is 28.5. The van der Waals surface area contributed by atoms with E-state index in [2.05, 4.69) is 27.7 Å². The maximum absolute atomic E-state index is 11.5. The van der Waals surface area contributed by atoms with E-state index in [0.29, 0.717) is 25.4 Å². The summed E-state index contributed by atoms with van der Waals surface area (Å²) in [7, 11) is 0. The van der Waals surface area contributed by atoms with Crippen LogP contribution in [0, 0.1) is 5.92 Å². The van der Waals surface area contributed by atoms with Crippen molar-refractivity contribution < 1.29 is 19.4 Å². The lowest BCUT2D eigenvalue weighted by Gasteiger charge is -2.06. The van der Waals surface area contributed by atoms with Gasteiger partial charge in [-0.2, -0.15) is 0 Å². The van der Waals surface area contributed by atoms with E-state index in [1.54, 1.807) is 0 Å². The van der Waals surface area contributed by atoms with Crippen LogP contribution in [0.1, 0.15) is 195 Å². The van der Waals surface area contributed by atoms with E-state index in [0.717, 1.165) is 32.1 Å². The Morgan fingerprint density at radius 3 is 1.21 bits per heavy atom. The van der Waals surface area contributed by atoms with E-state index < -0.39 is 5.97 Å². The van der Waals surface area contributed by atoms with Crippen molar-refractivity contribution in [1.29, 1.82) is 0 Å². The van der Waals surface area contributed by atoms with Crippen molar-refractivity contribution >= 4 is 11.9 Å². The van der Waals surface area contributed by atoms with Crippen LogP contribution in [0.3, 0.4) is 0 Å². The number of unbranched alkanes of at least 4 members (excludes halogenated alkanes) is 20. The van der Waals surface area contributed by atoms with Crippen molar-refractivity contribution in [2.24, 2.45) is 5.92 Å². The van der Waals surface area contributed by atoms with E-state index in [-0.39, 0.29) is 5.97 Å². The first kappa shape index (κ1) is 39.1. The molecule has 0 heterocycles. The molecule has 38 heavy (non-hydrogen) atoms. The van der Waals surface area contributed by atoms with E-state index >= 15 is 0 Å². The first-order valence-electron chi connectivity index (χ1n) is 16.8. The average molecular weight is 541 g/mol. The van der Waals surface area contributed by atoms with Gasteiger partial charge >= 0.3 is 11.9 Å². The molecule has 0 atom stereocenters. The van der Waals surface area contributed by atoms with Crippen LogP contribution in [0.2, 0.25) is 0 Å². The van der Waals surface area contributed by atoms with E-state index in [9.17, 15) is 9.59 Å². The summed E-state index contributed by atoms with van der Waals surface area (Å²) in [4.78, 5) is 21.8. The number of carbonyl (C=O) groups excluding carboxylic acids is 1. The summed E-state index contributed by atoms with van der Waals surface area (Å²) < 4.78 is 5.23. The SMILES string of the molecule is CCCCCCCCCCCC(=O)OCCCC(C)C.CCCCCCCCCCCCCCCC(=O)O. The van der Waals surface area contributed by atoms with Crippen LogP contribution in [0.4, 0.5) is 0 Å². The van der Waals surface area contributed by atoms with Crippen molar-refractivity contribution in [2.45, 2.75) is 195 Å². The van der Waals surface area contributed by atoms with E-state index in [1.807, 2.05) is 0 Å². The molecular formula is C34H68O4. The van der Waals surface area contributed by atoms with Crippen LogP contribution in [0.15, 0.2) is 0 Å². The molecule has 0 aliphatic carbocycles. The number of ether oxygens (including phenoxy) is 1. The predicted octanol–water partition coefficient (Wildman–Crippen LogP) is 11.4. The van der Waals surface area contributed by atoms with Gasteiger partial charge in [0.25, 0.3) is 0 Å². The molecule has 0 radical (unpaired) electrons. The van der Waals surface area contributed by atoms with Crippen molar-refractivity contribution in [3.05, 3.63) is 0 Å². The highest BCUT2D eigenvalue weighted by molar-refractivity contribution is 5.69. The summed E-state index contributed by atoms with van der Waals surface area (Å²) in [6.07, 6.45) is 31.6. The van der Waals surface area contributed by atoms with Gasteiger partial charge < -0.3 is 9.84 Å². The highest BCUT2D eigenvalue weighted by Crippen LogP contribution is 2.13. The van der Waals surface area contributed by atoms with Gasteiger partial charge in [0.05, 0.1) is 6.61 Å². The molecule has 228 valence electrons. The number of carboxylic acid groups (broad SMARTS) is 1. The van der Waals surface area contributed by atoms with Gasteiger partial charge in [0.15, 0.2) is 0 Å². The monoisotopic (exact) mass is 541 g/mol. The fraction of sp³-hybridized carbons (Fsp3) is 0.941. The molecular weight excluding hydrogens is 472 g/mol. The lowest BCUT2D eigenvalue weighted by Crippen LogP contribution is -2.06. The molecule has 0 amide bonds. The second-order valence-corrected chi connectivity index (χ2v) is 11.7. The van der Waals surface area contributed by atoms with Gasteiger partial charge in [-0.05, 0) is 31.6 Å². The molecule has 0 saturated heterocycles. The highest BCUT2D eigenvalue weighted by Gasteiger charge is 2.03. The molecule has 0 rings (SSSR count). The normalized spacial score (nSPS) is 10.9. The minimum atomic E-state index is -0.655. The van der Waals surface area contributed by atoms with E-state index in [4.69, 9.17) is 9.84 Å². The summed E-state index contributed by atoms with van der Waals surface area (Å²) in [6, 6.07) is 0. The average Bonchev–Trinajstić information content (AvgIpc) is 2.88. The maximum Gasteiger partial charge on any atom is 0.305 e. The van der Waals surface area contributed by atoms with Crippen LogP contribution in [-0.4, -0.2) is 23.7 Å². The van der Waals surface area contributed by atoms with Gasteiger partial charge in [-0.3, -0.25) is 9.59 Å². The van der Waals surface area contributed by atoms with Gasteiger partial charge in [-0.1, -0.05) is 156 Å². The highest BCUT2D eigenvalue weighted by atomic mass is 16.5. The van der Waals surface area contributed by atoms with Crippen molar-refractivity contribution in [1.82, 2.24) is 0 Å². The molecule has 0 unspecified atom stereocenters. The van der Waals surface area contributed by atoms with Crippen LogP contribution in [0.25, 0.3) is 0 Å². The number of aliphatic carboxylic acids is 1. The van der Waals surface area contributed by atoms with Crippen molar-refractivity contribution in [3.8, 4) is 0 Å². The molecule has 0 aromatic carbocycles. The number of hydrogen-bond donors (Lipinski definition) is 1. The van der Waals surface area contributed by atoms with Crippen molar-refractivity contribution in [2.75, 3.05) is 6.61 Å². The minimum Gasteiger partial charge on any atom is -0.481 e. The molecule has 0 aliphatic rings. The molecule has 4 nitrogen and oxygen atoms in total. The van der Waals surface area contributed by atoms with Crippen LogP contribution >= 0.6 is 0 Å². The molecule has 0 spiro atoms. The summed E-state index contributed by atoms with van der Waals surface area (Å²) in [6.45, 7) is 9.51. The van der Waals surface area contributed by atoms with Crippen LogP contribution in [0.5, 0.6) is 0 Å². The fourth-order valence-corrected chi connectivity index (χ4v) is 4.62. The zero-order valence-corrected chi connectivity index (χ0v) is 26.3. The second-order valence-electron chi connectivity index (χ2n) is 11.7. The molecule has 1 N–H and O–H groups in total. The maximum atomic E-state index is 11.5. The molecule has 0 saturated carbocycles. The zero-order valence-electron chi connectivity index (χ0n) is 26.3. The van der Waals surface area contributed by atoms with Crippen molar-refractivity contribution in [3.63, 3.8) is 0 Å². The Morgan fingerprint density at radius 2 is 0.868 bits per heavy atom. The number of carbonyl (C=O) groups is 2. The van der Waals surface area contributed by atoms with E-state index in [1.165, 1.54) is 122 Å². The standard InChI is InChI=1S/C18H36O2.C16H32O2/c1-4-5-6-7-8-9-10-11-12-15-18(19)20-16-13-14-17(2)3;1-2-3-4-5-6-7-8-9-10-11-12-13-14-15-16(17)18/h17H,4-16H2,1-3H3;2-15H2,1H3,(H,17,18). The summed E-state index contributed by atoms with van der Waals surface area (Å²) >= 11 is 0. The number of rotatable bonds is 28. The third-order valence-electron chi connectivity index (χ3n) is 7.17. The first-order chi connectivity index (χ1) is 18.4. The first-order valence-corrected chi connectivity index (χ1v) is 16.8. The molecule has 0 aromatic rings. The summed E-state index contributed by atoms with van der Waals surface area (Å²) in [5, 5.41) is 8.49. The Morgan fingerprint density at radius 1 is 0.526 bits per heavy atom. The predicted molar refractivity (Wildman–Crippen MR) is 165 cm³/mol. The third-order valence-corrected chi connectivity index (χ3v) is 7.17. The minimum absolute atomic E-state index is 0.00305. The summed E-state index contributed by atoms with van der Waals surface area (Å²) in [5.41, 5.74) is 0. The van der Waals surface area contributed by atoms with Crippen LogP contribution < -0.4 is 0 Å². The van der Waals surface area contributed by atoms with Gasteiger partial charge in [0, 0.05) is 12.8 Å². The number of carboxylic acids is 1. The van der Waals surface area contributed by atoms with Gasteiger partial charge in [0.2, 0.25) is 0 Å². The Balaban J connectivity index is 0. The molecule has 0 bridgehead atoms. The molecule has 4 heteroatoms. The Hall–Kier alpha value is -1.06. The lowest BCUT2D eigenvalue weighted by atomic mass is 10.0. The summed E-state index contributed by atoms with van der Waals surface area (Å²) in [5.74, 6) is 0.0424. The smallest absolute Gasteiger partial charge is 0.305 e. The topological polar surface area (TPSA) is 63.6 Å². The Bertz CT molecular complexity index is 475. The molecule has 0 fully saturated rings. The Labute approximate surface area is 238 Å². The van der Waals surface area contributed by atoms with Gasteiger partial charge in [0.1, 0.15) is 0 Å². The number of hydrogen-bond acceptors (Lipinski definition) is 3. The van der Waals surface area contributed by atoms with Gasteiger partial charge in [-0.25, -0.2) is 0 Å². The quantitative estimate of drug-likeness (QED) is 0.0791. The van der Waals surface area contributed by atoms with Gasteiger partial charge in [-0.15, -0.1) is 0 Å². The second kappa shape index (κ2) is 34.0. The molecule has 0 aromatic heterocycles. The Kier molecular flexibility index (Phi) is 34.9.